The number of rotatable bonds is 4. The molecular formula is C20H20FNO4. The Morgan fingerprint density at radius 1 is 1.08 bits per heavy atom. The molecule has 0 aromatic heterocycles. The van der Waals surface area contributed by atoms with Crippen LogP contribution in [0, 0.1) is 5.82 Å². The van der Waals surface area contributed by atoms with Crippen molar-refractivity contribution in [2.75, 3.05) is 11.9 Å². The van der Waals surface area contributed by atoms with E-state index < -0.39 is 11.6 Å². The first-order chi connectivity index (χ1) is 12.6. The molecule has 1 aliphatic heterocycles. The predicted molar refractivity (Wildman–Crippen MR) is 94.0 cm³/mol. The van der Waals surface area contributed by atoms with Crippen molar-refractivity contribution in [3.63, 3.8) is 0 Å². The zero-order valence-corrected chi connectivity index (χ0v) is 14.3. The summed E-state index contributed by atoms with van der Waals surface area (Å²) >= 11 is 0. The van der Waals surface area contributed by atoms with Crippen molar-refractivity contribution in [2.45, 2.75) is 37.9 Å². The van der Waals surface area contributed by atoms with Crippen LogP contribution in [0.3, 0.4) is 0 Å². The quantitative estimate of drug-likeness (QED) is 0.888. The highest BCUT2D eigenvalue weighted by atomic mass is 19.1. The van der Waals surface area contributed by atoms with Crippen molar-refractivity contribution >= 4 is 11.6 Å². The van der Waals surface area contributed by atoms with Crippen LogP contribution in [-0.2, 0) is 4.79 Å². The summed E-state index contributed by atoms with van der Waals surface area (Å²) in [7, 11) is 0. The Bertz CT molecular complexity index is 817. The molecule has 0 unspecified atom stereocenters. The molecule has 5 nitrogen and oxygen atoms in total. The zero-order chi connectivity index (χ0) is 18.0. The van der Waals surface area contributed by atoms with E-state index in [0.717, 1.165) is 25.7 Å². The zero-order valence-electron chi connectivity index (χ0n) is 14.3. The van der Waals surface area contributed by atoms with E-state index in [4.69, 9.17) is 14.2 Å². The molecular weight excluding hydrogens is 337 g/mol. The largest absolute Gasteiger partial charge is 0.481 e. The highest BCUT2D eigenvalue weighted by Gasteiger charge is 2.42. The van der Waals surface area contributed by atoms with Crippen LogP contribution >= 0.6 is 0 Å². The Morgan fingerprint density at radius 3 is 2.65 bits per heavy atom. The number of nitrogens with one attached hydrogen (secondary N) is 1. The minimum Gasteiger partial charge on any atom is -0.481 e. The molecule has 2 aliphatic rings. The molecule has 0 bridgehead atoms. The normalized spacial score (nSPS) is 17.1. The van der Waals surface area contributed by atoms with Crippen LogP contribution in [0.1, 0.15) is 32.1 Å². The van der Waals surface area contributed by atoms with Gasteiger partial charge in [-0.05, 0) is 37.1 Å². The molecule has 1 spiro atoms. The highest BCUT2D eigenvalue weighted by molar-refractivity contribution is 5.92. The number of halogens is 1. The molecule has 1 amide bonds. The van der Waals surface area contributed by atoms with Gasteiger partial charge in [-0.1, -0.05) is 18.6 Å². The lowest BCUT2D eigenvalue weighted by Crippen LogP contribution is -2.40. The van der Waals surface area contributed by atoms with Crippen LogP contribution < -0.4 is 19.5 Å². The van der Waals surface area contributed by atoms with E-state index in [1.807, 2.05) is 0 Å². The summed E-state index contributed by atoms with van der Waals surface area (Å²) in [6.07, 6.45) is 5.13. The highest BCUT2D eigenvalue weighted by Crippen LogP contribution is 2.46. The number of anilines is 1. The molecule has 1 saturated carbocycles. The summed E-state index contributed by atoms with van der Waals surface area (Å²) in [5.74, 6) is -0.0302. The predicted octanol–water partition coefficient (Wildman–Crippen LogP) is 4.27. The average molecular weight is 357 g/mol. The van der Waals surface area contributed by atoms with E-state index in [2.05, 4.69) is 5.32 Å². The molecule has 1 aliphatic carbocycles. The van der Waals surface area contributed by atoms with Gasteiger partial charge in [0.25, 0.3) is 11.7 Å². The lowest BCUT2D eigenvalue weighted by atomic mass is 9.94. The Labute approximate surface area is 151 Å². The Hall–Kier alpha value is -2.76. The van der Waals surface area contributed by atoms with E-state index >= 15 is 0 Å². The summed E-state index contributed by atoms with van der Waals surface area (Å²) in [6.45, 7) is -0.278. The van der Waals surface area contributed by atoms with Crippen molar-refractivity contribution in [1.29, 1.82) is 0 Å². The molecule has 6 heteroatoms. The van der Waals surface area contributed by atoms with Crippen LogP contribution in [0.2, 0.25) is 0 Å². The lowest BCUT2D eigenvalue weighted by Gasteiger charge is -2.31. The third-order valence-corrected chi connectivity index (χ3v) is 4.63. The van der Waals surface area contributed by atoms with Crippen molar-refractivity contribution in [3.05, 3.63) is 48.3 Å². The number of benzene rings is 2. The van der Waals surface area contributed by atoms with Gasteiger partial charge >= 0.3 is 0 Å². The fourth-order valence-electron chi connectivity index (χ4n) is 3.37. The number of carbonyl (C=O) groups is 1. The van der Waals surface area contributed by atoms with Crippen molar-refractivity contribution in [2.24, 2.45) is 0 Å². The number of hydrogen-bond acceptors (Lipinski definition) is 4. The molecule has 1 fully saturated rings. The molecule has 136 valence electrons. The Kier molecular flexibility index (Phi) is 4.41. The molecule has 0 radical (unpaired) electrons. The number of hydrogen-bond donors (Lipinski definition) is 1. The van der Waals surface area contributed by atoms with Gasteiger partial charge in [-0.25, -0.2) is 4.39 Å². The lowest BCUT2D eigenvalue weighted by molar-refractivity contribution is -0.118. The van der Waals surface area contributed by atoms with Gasteiger partial charge in [0.1, 0.15) is 0 Å². The second kappa shape index (κ2) is 6.86. The average Bonchev–Trinajstić information content (AvgIpc) is 2.98. The maximum atomic E-state index is 13.5. The van der Waals surface area contributed by atoms with Gasteiger partial charge in [0.2, 0.25) is 0 Å². The van der Waals surface area contributed by atoms with Crippen molar-refractivity contribution in [1.82, 2.24) is 0 Å². The van der Waals surface area contributed by atoms with Gasteiger partial charge in [0.05, 0.1) is 0 Å². The first-order valence-electron chi connectivity index (χ1n) is 8.83. The summed E-state index contributed by atoms with van der Waals surface area (Å²) in [5, 5.41) is 2.73. The minimum atomic E-state index is -0.544. The Balaban J connectivity index is 1.37. The van der Waals surface area contributed by atoms with Crippen molar-refractivity contribution < 1.29 is 23.4 Å². The number of carbonyl (C=O) groups excluding carboxylic acids is 1. The van der Waals surface area contributed by atoms with Crippen molar-refractivity contribution in [3.8, 4) is 17.2 Å². The van der Waals surface area contributed by atoms with Crippen LogP contribution in [-0.4, -0.2) is 18.3 Å². The first-order valence-corrected chi connectivity index (χ1v) is 8.83. The second-order valence-electron chi connectivity index (χ2n) is 6.60. The second-order valence-corrected chi connectivity index (χ2v) is 6.60. The van der Waals surface area contributed by atoms with Gasteiger partial charge in [0.15, 0.2) is 29.7 Å². The monoisotopic (exact) mass is 357 g/mol. The summed E-state index contributed by atoms with van der Waals surface area (Å²) < 4.78 is 30.8. The minimum absolute atomic E-state index is 0.0487. The van der Waals surface area contributed by atoms with Crippen LogP contribution in [0.25, 0.3) is 0 Å². The summed E-state index contributed by atoms with van der Waals surface area (Å²) in [5.41, 5.74) is 0.586. The maximum Gasteiger partial charge on any atom is 0.262 e. The fraction of sp³-hybridized carbons (Fsp3) is 0.350. The molecule has 2 aromatic rings. The molecule has 0 atom stereocenters. The molecule has 1 N–H and O–H groups in total. The molecule has 2 aromatic carbocycles. The van der Waals surface area contributed by atoms with Gasteiger partial charge in [0, 0.05) is 24.6 Å². The Morgan fingerprint density at radius 2 is 1.85 bits per heavy atom. The number of amides is 1. The molecule has 0 saturated heterocycles. The molecule has 26 heavy (non-hydrogen) atoms. The van der Waals surface area contributed by atoms with Crippen LogP contribution in [0.5, 0.6) is 17.2 Å². The van der Waals surface area contributed by atoms with E-state index in [9.17, 15) is 9.18 Å². The maximum absolute atomic E-state index is 13.5. The number of fused-ring (bicyclic) bond motifs is 1. The van der Waals surface area contributed by atoms with Crippen LogP contribution in [0.15, 0.2) is 42.5 Å². The van der Waals surface area contributed by atoms with E-state index in [0.29, 0.717) is 17.2 Å². The van der Waals surface area contributed by atoms with E-state index in [1.165, 1.54) is 18.6 Å². The number of ether oxygens (including phenoxy) is 3. The van der Waals surface area contributed by atoms with Crippen LogP contribution in [0.4, 0.5) is 10.1 Å². The third kappa shape index (κ3) is 3.45. The van der Waals surface area contributed by atoms with Gasteiger partial charge in [-0.15, -0.1) is 0 Å². The SMILES string of the molecule is O=C(COc1ccccc1F)Nc1ccc2c(c1)OC1(CCCCC1)O2. The molecule has 4 rings (SSSR count). The summed E-state index contributed by atoms with van der Waals surface area (Å²) in [6, 6.07) is 11.3. The van der Waals surface area contributed by atoms with Gasteiger partial charge in [-0.2, -0.15) is 0 Å². The standard InChI is InChI=1S/C20H20FNO4/c21-15-6-2-3-7-16(15)24-13-19(23)22-14-8-9-17-18(12-14)26-20(25-17)10-4-1-5-11-20/h2-3,6-9,12H,1,4-5,10-11,13H2,(H,22,23). The van der Waals surface area contributed by atoms with E-state index in [-0.39, 0.29) is 18.3 Å². The third-order valence-electron chi connectivity index (χ3n) is 4.63. The van der Waals surface area contributed by atoms with Gasteiger partial charge in [-0.3, -0.25) is 4.79 Å². The van der Waals surface area contributed by atoms with Gasteiger partial charge < -0.3 is 19.5 Å². The topological polar surface area (TPSA) is 56.8 Å². The first kappa shape index (κ1) is 16.7. The summed E-state index contributed by atoms with van der Waals surface area (Å²) in [4.78, 5) is 12.1. The van der Waals surface area contributed by atoms with E-state index in [1.54, 1.807) is 30.3 Å². The number of para-hydroxylation sites is 1. The fourth-order valence-corrected chi connectivity index (χ4v) is 3.37. The smallest absolute Gasteiger partial charge is 0.262 e. The molecule has 1 heterocycles.